The van der Waals surface area contributed by atoms with Crippen LogP contribution in [0, 0.1) is 0 Å². The SMILES string of the molecule is CC1(C)OC(CN)CN(C(C)(C)C)C1=O. The van der Waals surface area contributed by atoms with Crippen LogP contribution in [0.4, 0.5) is 0 Å². The smallest absolute Gasteiger partial charge is 0.254 e. The molecule has 1 aliphatic heterocycles. The van der Waals surface area contributed by atoms with Gasteiger partial charge in [0.25, 0.3) is 5.91 Å². The van der Waals surface area contributed by atoms with Crippen molar-refractivity contribution < 1.29 is 9.53 Å². The summed E-state index contributed by atoms with van der Waals surface area (Å²) in [6.07, 6.45) is -0.0584. The van der Waals surface area contributed by atoms with Crippen molar-refractivity contribution in [2.45, 2.75) is 51.9 Å². The molecule has 1 unspecified atom stereocenters. The van der Waals surface area contributed by atoms with Gasteiger partial charge in [-0.05, 0) is 34.6 Å². The van der Waals surface area contributed by atoms with Crippen molar-refractivity contribution in [3.8, 4) is 0 Å². The minimum Gasteiger partial charge on any atom is -0.359 e. The summed E-state index contributed by atoms with van der Waals surface area (Å²) in [6, 6.07) is 0. The number of amides is 1. The van der Waals surface area contributed by atoms with E-state index in [9.17, 15) is 4.79 Å². The van der Waals surface area contributed by atoms with Gasteiger partial charge in [-0.1, -0.05) is 0 Å². The van der Waals surface area contributed by atoms with E-state index in [0.29, 0.717) is 13.1 Å². The summed E-state index contributed by atoms with van der Waals surface area (Å²) in [6.45, 7) is 10.7. The predicted octanol–water partition coefficient (Wildman–Crippen LogP) is 0.750. The van der Waals surface area contributed by atoms with Crippen LogP contribution in [-0.4, -0.2) is 41.1 Å². The van der Waals surface area contributed by atoms with E-state index in [1.54, 1.807) is 13.8 Å². The maximum atomic E-state index is 12.1. The predicted molar refractivity (Wildman–Crippen MR) is 59.5 cm³/mol. The molecule has 0 aromatic carbocycles. The Morgan fingerprint density at radius 1 is 1.53 bits per heavy atom. The summed E-state index contributed by atoms with van der Waals surface area (Å²) >= 11 is 0. The molecule has 0 aliphatic carbocycles. The van der Waals surface area contributed by atoms with E-state index in [4.69, 9.17) is 10.5 Å². The molecule has 1 saturated heterocycles. The lowest BCUT2D eigenvalue weighted by atomic mass is 9.97. The molecule has 0 spiro atoms. The molecule has 0 bridgehead atoms. The van der Waals surface area contributed by atoms with E-state index < -0.39 is 5.60 Å². The molecule has 88 valence electrons. The van der Waals surface area contributed by atoms with E-state index in [-0.39, 0.29) is 17.6 Å². The molecule has 0 saturated carbocycles. The first-order chi connectivity index (χ1) is 6.68. The zero-order valence-electron chi connectivity index (χ0n) is 10.3. The lowest BCUT2D eigenvalue weighted by Crippen LogP contribution is -2.63. The van der Waals surface area contributed by atoms with Crippen molar-refractivity contribution in [1.82, 2.24) is 4.90 Å². The van der Waals surface area contributed by atoms with Crippen LogP contribution in [0.3, 0.4) is 0 Å². The average Bonchev–Trinajstić information content (AvgIpc) is 2.07. The summed E-state index contributed by atoms with van der Waals surface area (Å²) < 4.78 is 5.64. The maximum absolute atomic E-state index is 12.1. The normalized spacial score (nSPS) is 26.9. The zero-order valence-corrected chi connectivity index (χ0v) is 10.3. The van der Waals surface area contributed by atoms with Crippen LogP contribution >= 0.6 is 0 Å². The van der Waals surface area contributed by atoms with E-state index in [1.807, 2.05) is 25.7 Å². The largest absolute Gasteiger partial charge is 0.359 e. The van der Waals surface area contributed by atoms with Crippen LogP contribution < -0.4 is 5.73 Å². The highest BCUT2D eigenvalue weighted by molar-refractivity contribution is 5.85. The number of hydrogen-bond acceptors (Lipinski definition) is 3. The standard InChI is InChI=1S/C11H22N2O2/c1-10(2,3)13-7-8(6-12)15-11(4,5)9(13)14/h8H,6-7,12H2,1-5H3. The molecular formula is C11H22N2O2. The van der Waals surface area contributed by atoms with Crippen LogP contribution in [0.5, 0.6) is 0 Å². The van der Waals surface area contributed by atoms with Gasteiger partial charge in [0.05, 0.1) is 6.10 Å². The minimum absolute atomic E-state index is 0.0414. The summed E-state index contributed by atoms with van der Waals surface area (Å²) in [7, 11) is 0. The van der Waals surface area contributed by atoms with Gasteiger partial charge in [0.1, 0.15) is 5.60 Å². The van der Waals surface area contributed by atoms with Crippen molar-refractivity contribution in [3.05, 3.63) is 0 Å². The summed E-state index contributed by atoms with van der Waals surface area (Å²) in [5, 5.41) is 0. The van der Waals surface area contributed by atoms with Gasteiger partial charge >= 0.3 is 0 Å². The molecule has 15 heavy (non-hydrogen) atoms. The van der Waals surface area contributed by atoms with Gasteiger partial charge in [0.15, 0.2) is 0 Å². The van der Waals surface area contributed by atoms with Crippen molar-refractivity contribution >= 4 is 5.91 Å². The molecule has 1 amide bonds. The molecule has 1 aliphatic rings. The van der Waals surface area contributed by atoms with Crippen LogP contribution in [0.1, 0.15) is 34.6 Å². The number of hydrogen-bond donors (Lipinski definition) is 1. The molecular weight excluding hydrogens is 192 g/mol. The van der Waals surface area contributed by atoms with Crippen molar-refractivity contribution in [1.29, 1.82) is 0 Å². The zero-order chi connectivity index (χ0) is 11.9. The number of carbonyl (C=O) groups is 1. The fourth-order valence-corrected chi connectivity index (χ4v) is 1.82. The summed E-state index contributed by atoms with van der Waals surface area (Å²) in [4.78, 5) is 14.0. The van der Waals surface area contributed by atoms with Gasteiger partial charge in [0, 0.05) is 18.6 Å². The quantitative estimate of drug-likeness (QED) is 0.700. The van der Waals surface area contributed by atoms with Gasteiger partial charge < -0.3 is 15.4 Å². The lowest BCUT2D eigenvalue weighted by molar-refractivity contribution is -0.185. The molecule has 0 radical (unpaired) electrons. The second-order valence-electron chi connectivity index (χ2n) is 5.57. The highest BCUT2D eigenvalue weighted by Gasteiger charge is 2.44. The molecule has 1 fully saturated rings. The molecule has 4 nitrogen and oxygen atoms in total. The topological polar surface area (TPSA) is 55.6 Å². The number of rotatable bonds is 1. The third kappa shape index (κ3) is 2.49. The minimum atomic E-state index is -0.754. The molecule has 0 aromatic heterocycles. The average molecular weight is 214 g/mol. The molecule has 1 rings (SSSR count). The molecule has 1 heterocycles. The first kappa shape index (κ1) is 12.5. The first-order valence-electron chi connectivity index (χ1n) is 5.38. The third-order valence-corrected chi connectivity index (χ3v) is 2.68. The molecule has 2 N–H and O–H groups in total. The van der Waals surface area contributed by atoms with E-state index in [0.717, 1.165) is 0 Å². The Balaban J connectivity index is 2.93. The number of nitrogens with two attached hydrogens (primary N) is 1. The van der Waals surface area contributed by atoms with Gasteiger partial charge in [-0.3, -0.25) is 4.79 Å². The number of ether oxygens (including phenoxy) is 1. The summed E-state index contributed by atoms with van der Waals surface area (Å²) in [5.74, 6) is 0.0414. The Labute approximate surface area is 91.8 Å². The van der Waals surface area contributed by atoms with Crippen LogP contribution in [0.15, 0.2) is 0 Å². The van der Waals surface area contributed by atoms with Crippen molar-refractivity contribution in [2.75, 3.05) is 13.1 Å². The van der Waals surface area contributed by atoms with Gasteiger partial charge in [0.2, 0.25) is 0 Å². The number of carbonyl (C=O) groups excluding carboxylic acids is 1. The third-order valence-electron chi connectivity index (χ3n) is 2.68. The van der Waals surface area contributed by atoms with Crippen molar-refractivity contribution in [3.63, 3.8) is 0 Å². The number of morpholine rings is 1. The van der Waals surface area contributed by atoms with Gasteiger partial charge in [-0.25, -0.2) is 0 Å². The van der Waals surface area contributed by atoms with Crippen LogP contribution in [0.25, 0.3) is 0 Å². The van der Waals surface area contributed by atoms with Crippen LogP contribution in [-0.2, 0) is 9.53 Å². The van der Waals surface area contributed by atoms with Crippen molar-refractivity contribution in [2.24, 2.45) is 5.73 Å². The Morgan fingerprint density at radius 3 is 2.47 bits per heavy atom. The monoisotopic (exact) mass is 214 g/mol. The highest BCUT2D eigenvalue weighted by Crippen LogP contribution is 2.27. The van der Waals surface area contributed by atoms with E-state index in [1.165, 1.54) is 0 Å². The molecule has 0 aromatic rings. The Bertz CT molecular complexity index is 256. The Morgan fingerprint density at radius 2 is 2.07 bits per heavy atom. The second-order valence-corrected chi connectivity index (χ2v) is 5.57. The highest BCUT2D eigenvalue weighted by atomic mass is 16.5. The maximum Gasteiger partial charge on any atom is 0.254 e. The van der Waals surface area contributed by atoms with E-state index in [2.05, 4.69) is 0 Å². The fraction of sp³-hybridized carbons (Fsp3) is 0.909. The first-order valence-corrected chi connectivity index (χ1v) is 5.38. The van der Waals surface area contributed by atoms with E-state index >= 15 is 0 Å². The van der Waals surface area contributed by atoms with Gasteiger partial charge in [-0.15, -0.1) is 0 Å². The molecule has 4 heteroatoms. The molecule has 1 atom stereocenters. The summed E-state index contributed by atoms with van der Waals surface area (Å²) in [5.41, 5.74) is 4.68. The Hall–Kier alpha value is -0.610. The second kappa shape index (κ2) is 3.76. The van der Waals surface area contributed by atoms with Crippen LogP contribution in [0.2, 0.25) is 0 Å². The number of nitrogens with zero attached hydrogens (tertiary/aromatic N) is 1. The van der Waals surface area contributed by atoms with Gasteiger partial charge in [-0.2, -0.15) is 0 Å². The Kier molecular flexibility index (Phi) is 3.12. The lowest BCUT2D eigenvalue weighted by Gasteiger charge is -2.47. The fourth-order valence-electron chi connectivity index (χ4n) is 1.82.